The molecule has 4 heteroatoms. The number of rotatable bonds is 5. The molecule has 0 spiro atoms. The van der Waals surface area contributed by atoms with Gasteiger partial charge in [0.25, 0.3) is 5.56 Å². The van der Waals surface area contributed by atoms with Crippen LogP contribution in [0.15, 0.2) is 102 Å². The molecule has 1 aromatic heterocycles. The van der Waals surface area contributed by atoms with E-state index in [9.17, 15) is 4.79 Å². The molecule has 0 amide bonds. The maximum absolute atomic E-state index is 14.2. The van der Waals surface area contributed by atoms with E-state index in [2.05, 4.69) is 72.5 Å². The zero-order chi connectivity index (χ0) is 25.4. The van der Waals surface area contributed by atoms with Crippen molar-refractivity contribution >= 4 is 10.8 Å². The highest BCUT2D eigenvalue weighted by Gasteiger charge is 2.27. The Balaban J connectivity index is 1.40. The topological polar surface area (TPSA) is 38.1 Å². The van der Waals surface area contributed by atoms with Gasteiger partial charge in [-0.1, -0.05) is 97.1 Å². The summed E-state index contributed by atoms with van der Waals surface area (Å²) in [5.74, 6) is 0.763. The second kappa shape index (κ2) is 9.79. The predicted molar refractivity (Wildman–Crippen MR) is 150 cm³/mol. The molecule has 1 aliphatic heterocycles. The Bertz CT molecular complexity index is 1580. The van der Waals surface area contributed by atoms with Crippen LogP contribution in [0, 0.1) is 13.8 Å². The molecule has 1 aliphatic rings. The van der Waals surface area contributed by atoms with Crippen LogP contribution in [-0.2, 0) is 19.5 Å². The first-order valence-corrected chi connectivity index (χ1v) is 13.0. The van der Waals surface area contributed by atoms with Crippen molar-refractivity contribution in [2.45, 2.75) is 39.4 Å². The van der Waals surface area contributed by atoms with Crippen molar-refractivity contribution < 1.29 is 0 Å². The normalized spacial score (nSPS) is 13.7. The zero-order valence-electron chi connectivity index (χ0n) is 21.4. The summed E-state index contributed by atoms with van der Waals surface area (Å²) in [5, 5.41) is 2.59. The number of aryl methyl sites for hydroxylation is 2. The van der Waals surface area contributed by atoms with Crippen LogP contribution in [0.4, 0.5) is 0 Å². The van der Waals surface area contributed by atoms with Gasteiger partial charge in [0.15, 0.2) is 0 Å². The van der Waals surface area contributed by atoms with E-state index < -0.39 is 0 Å². The van der Waals surface area contributed by atoms with Gasteiger partial charge in [-0.25, -0.2) is 4.98 Å². The van der Waals surface area contributed by atoms with E-state index in [4.69, 9.17) is 4.98 Å². The summed E-state index contributed by atoms with van der Waals surface area (Å²) >= 11 is 0. The molecule has 6 rings (SSSR count). The molecule has 0 bridgehead atoms. The predicted octanol–water partition coefficient (Wildman–Crippen LogP) is 6.21. The Labute approximate surface area is 217 Å². The summed E-state index contributed by atoms with van der Waals surface area (Å²) in [6.45, 7) is 6.45. The third-order valence-corrected chi connectivity index (χ3v) is 7.63. The Kier molecular flexibility index (Phi) is 6.19. The molecule has 0 saturated carbocycles. The minimum absolute atomic E-state index is 0.0682. The lowest BCUT2D eigenvalue weighted by Gasteiger charge is -2.31. The largest absolute Gasteiger partial charge is 0.294 e. The van der Waals surface area contributed by atoms with Gasteiger partial charge >= 0.3 is 0 Å². The van der Waals surface area contributed by atoms with Crippen LogP contribution >= 0.6 is 0 Å². The second-order valence-corrected chi connectivity index (χ2v) is 10.0. The van der Waals surface area contributed by atoms with E-state index in [0.29, 0.717) is 6.54 Å². The third kappa shape index (κ3) is 4.38. The molecular weight excluding hydrogens is 454 g/mol. The molecule has 184 valence electrons. The van der Waals surface area contributed by atoms with Crippen LogP contribution in [0.2, 0.25) is 0 Å². The van der Waals surface area contributed by atoms with E-state index in [0.717, 1.165) is 47.7 Å². The van der Waals surface area contributed by atoms with Crippen LogP contribution in [0.5, 0.6) is 0 Å². The minimum atomic E-state index is -0.218. The summed E-state index contributed by atoms with van der Waals surface area (Å²) in [4.78, 5) is 21.6. The van der Waals surface area contributed by atoms with Crippen molar-refractivity contribution in [2.75, 3.05) is 6.54 Å². The fraction of sp³-hybridized carbons (Fsp3) is 0.212. The lowest BCUT2D eigenvalue weighted by molar-refractivity contribution is 0.241. The molecule has 0 atom stereocenters. The van der Waals surface area contributed by atoms with E-state index in [1.165, 1.54) is 21.9 Å². The number of aromatic nitrogens is 2. The van der Waals surface area contributed by atoms with Crippen LogP contribution in [-0.4, -0.2) is 21.0 Å². The number of benzene rings is 4. The van der Waals surface area contributed by atoms with Crippen molar-refractivity contribution in [3.63, 3.8) is 0 Å². The van der Waals surface area contributed by atoms with Crippen LogP contribution < -0.4 is 5.56 Å². The molecule has 5 aromatic rings. The Morgan fingerprint density at radius 3 is 2.08 bits per heavy atom. The fourth-order valence-corrected chi connectivity index (χ4v) is 5.76. The number of fused-ring (bicyclic) bond motifs is 2. The van der Waals surface area contributed by atoms with Gasteiger partial charge in [-0.2, -0.15) is 0 Å². The summed E-state index contributed by atoms with van der Waals surface area (Å²) in [6, 6.07) is 33.4. The molecule has 2 heterocycles. The average Bonchev–Trinajstić information content (AvgIpc) is 2.94. The van der Waals surface area contributed by atoms with E-state index in [1.807, 2.05) is 47.9 Å². The molecule has 0 saturated heterocycles. The molecule has 0 fully saturated rings. The molecule has 4 nitrogen and oxygen atoms in total. The first-order valence-electron chi connectivity index (χ1n) is 13.0. The second-order valence-electron chi connectivity index (χ2n) is 10.0. The molecule has 0 radical (unpaired) electrons. The average molecular weight is 486 g/mol. The summed E-state index contributed by atoms with van der Waals surface area (Å²) in [7, 11) is 0. The van der Waals surface area contributed by atoms with Gasteiger partial charge < -0.3 is 0 Å². The highest BCUT2D eigenvalue weighted by atomic mass is 16.1. The first kappa shape index (κ1) is 23.4. The van der Waals surface area contributed by atoms with Gasteiger partial charge in [-0.15, -0.1) is 0 Å². The van der Waals surface area contributed by atoms with Gasteiger partial charge in [0.2, 0.25) is 0 Å². The Morgan fingerprint density at radius 1 is 0.784 bits per heavy atom. The Hall–Kier alpha value is -4.02. The summed E-state index contributed by atoms with van der Waals surface area (Å²) in [5.41, 5.74) is 6.60. The summed E-state index contributed by atoms with van der Waals surface area (Å²) < 4.78 is 1.90. The van der Waals surface area contributed by atoms with Gasteiger partial charge in [0, 0.05) is 26.1 Å². The number of hydrogen-bond acceptors (Lipinski definition) is 3. The smallest absolute Gasteiger partial charge is 0.259 e. The van der Waals surface area contributed by atoms with Crippen LogP contribution in [0.3, 0.4) is 0 Å². The van der Waals surface area contributed by atoms with E-state index in [-0.39, 0.29) is 11.6 Å². The maximum atomic E-state index is 14.2. The van der Waals surface area contributed by atoms with Crippen LogP contribution in [0.1, 0.15) is 45.4 Å². The quantitative estimate of drug-likeness (QED) is 0.297. The third-order valence-electron chi connectivity index (χ3n) is 7.63. The van der Waals surface area contributed by atoms with Crippen molar-refractivity contribution in [1.29, 1.82) is 0 Å². The van der Waals surface area contributed by atoms with Crippen molar-refractivity contribution in [1.82, 2.24) is 14.5 Å². The van der Waals surface area contributed by atoms with Crippen molar-refractivity contribution in [2.24, 2.45) is 0 Å². The molecule has 37 heavy (non-hydrogen) atoms. The highest BCUT2D eigenvalue weighted by molar-refractivity contribution is 5.88. The molecule has 0 aliphatic carbocycles. The monoisotopic (exact) mass is 485 g/mol. The lowest BCUT2D eigenvalue weighted by atomic mass is 9.97. The standard InChI is InChI=1S/C33H31N3O/c1-23-17-18-27(29-16-10-9-15-28(23)29)21-35-20-19-31-30(22-35)33(37)36(24(2)34-31)32(25-11-5-3-6-12-25)26-13-7-4-8-14-26/h3-18,32H,19-22H2,1-2H3. The van der Waals surface area contributed by atoms with Gasteiger partial charge in [-0.05, 0) is 46.9 Å². The van der Waals surface area contributed by atoms with E-state index in [1.54, 1.807) is 0 Å². The van der Waals surface area contributed by atoms with E-state index >= 15 is 0 Å². The van der Waals surface area contributed by atoms with Crippen molar-refractivity contribution in [3.8, 4) is 0 Å². The lowest BCUT2D eigenvalue weighted by Crippen LogP contribution is -2.40. The highest BCUT2D eigenvalue weighted by Crippen LogP contribution is 2.29. The number of nitrogens with zero attached hydrogens (tertiary/aromatic N) is 3. The molecular formula is C33H31N3O. The van der Waals surface area contributed by atoms with Crippen LogP contribution in [0.25, 0.3) is 10.8 Å². The Morgan fingerprint density at radius 2 is 1.41 bits per heavy atom. The van der Waals surface area contributed by atoms with Gasteiger partial charge in [0.1, 0.15) is 5.82 Å². The molecule has 0 unspecified atom stereocenters. The molecule has 0 N–H and O–H groups in total. The maximum Gasteiger partial charge on any atom is 0.259 e. The molecule has 4 aromatic carbocycles. The first-order chi connectivity index (χ1) is 18.1. The van der Waals surface area contributed by atoms with Gasteiger partial charge in [-0.3, -0.25) is 14.3 Å². The fourth-order valence-electron chi connectivity index (χ4n) is 5.76. The summed E-state index contributed by atoms with van der Waals surface area (Å²) in [6.07, 6.45) is 0.789. The number of hydrogen-bond donors (Lipinski definition) is 0. The zero-order valence-corrected chi connectivity index (χ0v) is 21.4. The SMILES string of the molecule is Cc1ccc(CN2CCc3nc(C)n(C(c4ccccc4)c4ccccc4)c(=O)c3C2)c2ccccc12. The van der Waals surface area contributed by atoms with Crippen molar-refractivity contribution in [3.05, 3.63) is 147 Å². The van der Waals surface area contributed by atoms with Gasteiger partial charge in [0.05, 0.1) is 17.3 Å². The minimum Gasteiger partial charge on any atom is -0.294 e.